The van der Waals surface area contributed by atoms with Gasteiger partial charge in [0.2, 0.25) is 0 Å². The van der Waals surface area contributed by atoms with Crippen LogP contribution in [0.3, 0.4) is 0 Å². The average molecular weight is 247 g/mol. The Hall–Kier alpha value is -1.95. The van der Waals surface area contributed by atoms with Gasteiger partial charge in [-0.1, -0.05) is 18.6 Å². The molecule has 6 heteroatoms. The van der Waals surface area contributed by atoms with Gasteiger partial charge in [-0.2, -0.15) is 0 Å². The molecule has 0 amide bonds. The molecule has 6 nitrogen and oxygen atoms in total. The third-order valence-corrected chi connectivity index (χ3v) is 2.82. The van der Waals surface area contributed by atoms with Gasteiger partial charge in [0.15, 0.2) is 11.5 Å². The second-order valence-electron chi connectivity index (χ2n) is 4.15. The molecule has 0 aliphatic carbocycles. The first-order valence-electron chi connectivity index (χ1n) is 5.97. The van der Waals surface area contributed by atoms with E-state index in [0.717, 1.165) is 24.9 Å². The largest absolute Gasteiger partial charge is 0.326 e. The number of nitrogens with zero attached hydrogens (tertiary/aromatic N) is 4. The highest BCUT2D eigenvalue weighted by Gasteiger charge is 2.09. The predicted molar refractivity (Wildman–Crippen MR) is 69.4 cm³/mol. The van der Waals surface area contributed by atoms with Gasteiger partial charge in [0, 0.05) is 6.54 Å². The fourth-order valence-electron chi connectivity index (χ4n) is 1.91. The minimum atomic E-state index is 0.384. The zero-order valence-corrected chi connectivity index (χ0v) is 10.6. The van der Waals surface area contributed by atoms with Crippen molar-refractivity contribution in [3.63, 3.8) is 0 Å². The Bertz CT molecular complexity index is 561. The molecule has 0 unspecified atom stereocenters. The summed E-state index contributed by atoms with van der Waals surface area (Å²) in [7, 11) is 0. The summed E-state index contributed by atoms with van der Waals surface area (Å²) < 4.78 is 1.95. The zero-order valence-electron chi connectivity index (χ0n) is 10.6. The van der Waals surface area contributed by atoms with Crippen LogP contribution in [0.1, 0.15) is 26.7 Å². The van der Waals surface area contributed by atoms with Crippen molar-refractivity contribution in [2.75, 3.05) is 5.48 Å². The van der Waals surface area contributed by atoms with Gasteiger partial charge in [0.25, 0.3) is 0 Å². The Balaban J connectivity index is 2.26. The van der Waals surface area contributed by atoms with E-state index < -0.39 is 0 Å². The fourth-order valence-corrected chi connectivity index (χ4v) is 1.91. The smallest absolute Gasteiger partial charge is 0.183 e. The Kier molecular flexibility index (Phi) is 3.88. The maximum absolute atomic E-state index is 9.05. The summed E-state index contributed by atoms with van der Waals surface area (Å²) in [5, 5.41) is 9.05. The molecule has 0 aliphatic rings. The first kappa shape index (κ1) is 12.5. The number of aromatic nitrogens is 4. The Morgan fingerprint density at radius 3 is 3.00 bits per heavy atom. The number of rotatable bonds is 5. The highest BCUT2D eigenvalue weighted by molar-refractivity contribution is 5.82. The number of fused-ring (bicyclic) bond motifs is 1. The summed E-state index contributed by atoms with van der Waals surface area (Å²) in [6.45, 7) is 5.03. The topological polar surface area (TPSA) is 75.9 Å². The van der Waals surface area contributed by atoms with Gasteiger partial charge in [0.1, 0.15) is 11.8 Å². The van der Waals surface area contributed by atoms with Crippen LogP contribution < -0.4 is 5.48 Å². The summed E-state index contributed by atoms with van der Waals surface area (Å²) in [4.78, 5) is 12.2. The number of allylic oxidation sites excluding steroid dienone is 2. The SMILES string of the molecule is CC/C=C(\C)CCn1cnc2ncnc(NO)c21. The van der Waals surface area contributed by atoms with E-state index in [1.54, 1.807) is 6.33 Å². The molecule has 0 atom stereocenters. The van der Waals surface area contributed by atoms with E-state index >= 15 is 0 Å². The number of hydrogen-bond donors (Lipinski definition) is 2. The molecule has 2 aromatic heterocycles. The van der Waals surface area contributed by atoms with Gasteiger partial charge >= 0.3 is 0 Å². The minimum absolute atomic E-state index is 0.384. The van der Waals surface area contributed by atoms with Crippen molar-refractivity contribution in [3.05, 3.63) is 24.3 Å². The molecule has 0 radical (unpaired) electrons. The van der Waals surface area contributed by atoms with E-state index in [-0.39, 0.29) is 0 Å². The third-order valence-electron chi connectivity index (χ3n) is 2.82. The van der Waals surface area contributed by atoms with Crippen molar-refractivity contribution < 1.29 is 5.21 Å². The molecule has 0 bridgehead atoms. The second-order valence-corrected chi connectivity index (χ2v) is 4.15. The van der Waals surface area contributed by atoms with Crippen LogP contribution in [-0.2, 0) is 6.54 Å². The van der Waals surface area contributed by atoms with Crippen molar-refractivity contribution in [2.24, 2.45) is 0 Å². The van der Waals surface area contributed by atoms with Gasteiger partial charge in [-0.25, -0.2) is 15.0 Å². The van der Waals surface area contributed by atoms with E-state index in [0.29, 0.717) is 11.5 Å². The number of nitrogens with one attached hydrogen (secondary N) is 1. The molecule has 96 valence electrons. The molecule has 0 saturated carbocycles. The number of aryl methyl sites for hydroxylation is 1. The summed E-state index contributed by atoms with van der Waals surface area (Å²) in [6.07, 6.45) is 7.29. The maximum Gasteiger partial charge on any atom is 0.183 e. The maximum atomic E-state index is 9.05. The Labute approximate surface area is 105 Å². The van der Waals surface area contributed by atoms with Crippen LogP contribution in [0.4, 0.5) is 5.82 Å². The van der Waals surface area contributed by atoms with Gasteiger partial charge in [0.05, 0.1) is 6.33 Å². The molecule has 2 N–H and O–H groups in total. The van der Waals surface area contributed by atoms with Crippen LogP contribution in [0.15, 0.2) is 24.3 Å². The molecule has 2 rings (SSSR count). The van der Waals surface area contributed by atoms with Crippen molar-refractivity contribution >= 4 is 17.0 Å². The van der Waals surface area contributed by atoms with Crippen molar-refractivity contribution in [1.29, 1.82) is 0 Å². The molecule has 0 spiro atoms. The number of hydrogen-bond acceptors (Lipinski definition) is 5. The summed E-state index contributed by atoms with van der Waals surface area (Å²) in [5.74, 6) is 0.384. The minimum Gasteiger partial charge on any atom is -0.326 e. The lowest BCUT2D eigenvalue weighted by molar-refractivity contribution is 0.386. The van der Waals surface area contributed by atoms with Crippen LogP contribution in [-0.4, -0.2) is 24.7 Å². The number of imidazole rings is 1. The lowest BCUT2D eigenvalue weighted by Crippen LogP contribution is -2.02. The molecule has 0 fully saturated rings. The Morgan fingerprint density at radius 2 is 2.28 bits per heavy atom. The summed E-state index contributed by atoms with van der Waals surface area (Å²) in [5.41, 5.74) is 4.73. The van der Waals surface area contributed by atoms with Gasteiger partial charge in [-0.15, -0.1) is 0 Å². The third kappa shape index (κ3) is 2.48. The summed E-state index contributed by atoms with van der Waals surface area (Å²) in [6, 6.07) is 0. The lowest BCUT2D eigenvalue weighted by atomic mass is 10.2. The normalized spacial score (nSPS) is 12.1. The predicted octanol–water partition coefficient (Wildman–Crippen LogP) is 2.37. The van der Waals surface area contributed by atoms with Gasteiger partial charge < -0.3 is 4.57 Å². The van der Waals surface area contributed by atoms with Crippen molar-refractivity contribution in [1.82, 2.24) is 19.5 Å². The molecule has 2 heterocycles. The van der Waals surface area contributed by atoms with E-state index in [2.05, 4.69) is 40.4 Å². The van der Waals surface area contributed by atoms with E-state index in [1.807, 2.05) is 4.57 Å². The molecule has 2 aromatic rings. The lowest BCUT2D eigenvalue weighted by Gasteiger charge is -2.06. The van der Waals surface area contributed by atoms with Crippen LogP contribution in [0.5, 0.6) is 0 Å². The highest BCUT2D eigenvalue weighted by Crippen LogP contribution is 2.18. The van der Waals surface area contributed by atoms with E-state index in [4.69, 9.17) is 5.21 Å². The standard InChI is InChI=1S/C12H17N5O/c1-3-4-9(2)5-6-17-8-15-11-10(17)12(16-18)14-7-13-11/h4,7-8,18H,3,5-6H2,1-2H3,(H,13,14,16)/b9-4+. The fraction of sp³-hybridized carbons (Fsp3) is 0.417. The average Bonchev–Trinajstić information content (AvgIpc) is 2.80. The van der Waals surface area contributed by atoms with Gasteiger partial charge in [-0.05, 0) is 19.8 Å². The molecule has 0 aromatic carbocycles. The molecule has 0 saturated heterocycles. The van der Waals surface area contributed by atoms with Crippen LogP contribution in [0.25, 0.3) is 11.2 Å². The first-order valence-corrected chi connectivity index (χ1v) is 5.97. The van der Waals surface area contributed by atoms with Gasteiger partial charge in [-0.3, -0.25) is 10.7 Å². The van der Waals surface area contributed by atoms with Crippen LogP contribution in [0.2, 0.25) is 0 Å². The summed E-state index contributed by atoms with van der Waals surface area (Å²) >= 11 is 0. The van der Waals surface area contributed by atoms with Crippen molar-refractivity contribution in [3.8, 4) is 0 Å². The highest BCUT2D eigenvalue weighted by atomic mass is 16.5. The first-order chi connectivity index (χ1) is 8.76. The van der Waals surface area contributed by atoms with Crippen LogP contribution in [0, 0.1) is 0 Å². The Morgan fingerprint density at radius 1 is 1.44 bits per heavy atom. The van der Waals surface area contributed by atoms with E-state index in [1.165, 1.54) is 11.9 Å². The quantitative estimate of drug-likeness (QED) is 0.626. The molecule has 0 aliphatic heterocycles. The van der Waals surface area contributed by atoms with E-state index in [9.17, 15) is 0 Å². The molecule has 18 heavy (non-hydrogen) atoms. The second kappa shape index (κ2) is 5.59. The molecular weight excluding hydrogens is 230 g/mol. The molecular formula is C12H17N5O. The van der Waals surface area contributed by atoms with Crippen molar-refractivity contribution in [2.45, 2.75) is 33.2 Å². The monoisotopic (exact) mass is 247 g/mol. The van der Waals surface area contributed by atoms with Crippen LogP contribution >= 0.6 is 0 Å². The zero-order chi connectivity index (χ0) is 13.0. The number of anilines is 1.